The van der Waals surface area contributed by atoms with Gasteiger partial charge in [-0.1, -0.05) is 18.2 Å². The first kappa shape index (κ1) is 22.0. The number of esters is 1. The fourth-order valence-electron chi connectivity index (χ4n) is 3.58. The van der Waals surface area contributed by atoms with Gasteiger partial charge >= 0.3 is 5.97 Å². The second-order valence-electron chi connectivity index (χ2n) is 7.28. The van der Waals surface area contributed by atoms with Crippen LogP contribution in [0.1, 0.15) is 18.4 Å². The zero-order valence-corrected chi connectivity index (χ0v) is 17.8. The summed E-state index contributed by atoms with van der Waals surface area (Å²) < 4.78 is 56.2. The number of carbonyl (C=O) groups excluding carboxylic acids is 2. The fraction of sp³-hybridized carbons (Fsp3) is 0.333. The second-order valence-corrected chi connectivity index (χ2v) is 9.14. The third kappa shape index (κ3) is 4.53. The Morgan fingerprint density at radius 1 is 1.16 bits per heavy atom. The molecule has 2 aromatic carbocycles. The molecule has 1 amide bonds. The third-order valence-corrected chi connectivity index (χ3v) is 7.11. The Labute approximate surface area is 184 Å². The third-order valence-electron chi connectivity index (χ3n) is 5.17. The number of hydrogen-bond acceptors (Lipinski definition) is 7. The minimum Gasteiger partial charge on any atom is -0.454 e. The van der Waals surface area contributed by atoms with Crippen molar-refractivity contribution in [3.8, 4) is 11.5 Å². The Kier molecular flexibility index (Phi) is 6.28. The molecule has 170 valence electrons. The summed E-state index contributed by atoms with van der Waals surface area (Å²) in [4.78, 5) is 24.1. The van der Waals surface area contributed by atoms with E-state index in [-0.39, 0.29) is 26.3 Å². The number of benzene rings is 2. The Balaban J connectivity index is 1.32. The van der Waals surface area contributed by atoms with Crippen molar-refractivity contribution in [2.45, 2.75) is 30.3 Å². The lowest BCUT2D eigenvalue weighted by Crippen LogP contribution is -2.42. The highest BCUT2D eigenvalue weighted by Gasteiger charge is 2.41. The van der Waals surface area contributed by atoms with Gasteiger partial charge in [-0.25, -0.2) is 12.8 Å². The number of nitrogens with one attached hydrogen (secondary N) is 1. The molecule has 4 rings (SSSR count). The number of rotatable bonds is 7. The molecule has 0 bridgehead atoms. The monoisotopic (exact) mass is 464 g/mol. The first-order chi connectivity index (χ1) is 15.4. The highest BCUT2D eigenvalue weighted by molar-refractivity contribution is 7.89. The van der Waals surface area contributed by atoms with E-state index in [0.717, 1.165) is 22.0 Å². The minimum absolute atomic E-state index is 0.0622. The van der Waals surface area contributed by atoms with E-state index in [0.29, 0.717) is 17.9 Å². The predicted molar refractivity (Wildman–Crippen MR) is 109 cm³/mol. The van der Waals surface area contributed by atoms with Crippen LogP contribution in [0.15, 0.2) is 47.4 Å². The van der Waals surface area contributed by atoms with Crippen molar-refractivity contribution in [1.82, 2.24) is 9.62 Å². The van der Waals surface area contributed by atoms with E-state index < -0.39 is 45.3 Å². The van der Waals surface area contributed by atoms with E-state index in [2.05, 4.69) is 5.32 Å². The molecule has 1 N–H and O–H groups in total. The lowest BCUT2D eigenvalue weighted by atomic mass is 10.2. The largest absolute Gasteiger partial charge is 0.454 e. The van der Waals surface area contributed by atoms with E-state index in [4.69, 9.17) is 14.2 Å². The Morgan fingerprint density at radius 3 is 2.75 bits per heavy atom. The molecule has 9 nitrogen and oxygen atoms in total. The summed E-state index contributed by atoms with van der Waals surface area (Å²) >= 11 is 0. The average Bonchev–Trinajstić information content (AvgIpc) is 3.45. The first-order valence-corrected chi connectivity index (χ1v) is 11.4. The highest BCUT2D eigenvalue weighted by Crippen LogP contribution is 2.32. The fourth-order valence-corrected chi connectivity index (χ4v) is 5.29. The maximum atomic E-state index is 14.0. The Bertz CT molecular complexity index is 1140. The van der Waals surface area contributed by atoms with Gasteiger partial charge in [0, 0.05) is 13.1 Å². The molecule has 0 aromatic heterocycles. The van der Waals surface area contributed by atoms with Gasteiger partial charge in [0.15, 0.2) is 18.1 Å². The van der Waals surface area contributed by atoms with Gasteiger partial charge in [0.25, 0.3) is 5.91 Å². The molecule has 0 aliphatic carbocycles. The van der Waals surface area contributed by atoms with Gasteiger partial charge in [0.05, 0.1) is 0 Å². The van der Waals surface area contributed by atoms with Gasteiger partial charge in [-0.2, -0.15) is 4.31 Å². The van der Waals surface area contributed by atoms with Crippen molar-refractivity contribution >= 4 is 21.9 Å². The predicted octanol–water partition coefficient (Wildman–Crippen LogP) is 1.57. The zero-order valence-electron chi connectivity index (χ0n) is 17.0. The molecule has 1 atom stereocenters. The van der Waals surface area contributed by atoms with Crippen LogP contribution in [0.25, 0.3) is 0 Å². The molecule has 2 aliphatic heterocycles. The van der Waals surface area contributed by atoms with Crippen LogP contribution < -0.4 is 14.8 Å². The van der Waals surface area contributed by atoms with Gasteiger partial charge in [-0.3, -0.25) is 9.59 Å². The number of carbonyl (C=O) groups is 2. The lowest BCUT2D eigenvalue weighted by molar-refractivity contribution is -0.151. The van der Waals surface area contributed by atoms with Crippen LogP contribution >= 0.6 is 0 Å². The molecule has 2 aliphatic rings. The molecular weight excluding hydrogens is 443 g/mol. The van der Waals surface area contributed by atoms with Gasteiger partial charge in [-0.15, -0.1) is 0 Å². The van der Waals surface area contributed by atoms with Crippen LogP contribution in [0, 0.1) is 5.82 Å². The maximum absolute atomic E-state index is 14.0. The number of sulfonamides is 1. The Morgan fingerprint density at radius 2 is 1.94 bits per heavy atom. The molecule has 11 heteroatoms. The van der Waals surface area contributed by atoms with Crippen molar-refractivity contribution in [2.24, 2.45) is 0 Å². The van der Waals surface area contributed by atoms with Crippen molar-refractivity contribution in [3.63, 3.8) is 0 Å². The molecule has 0 radical (unpaired) electrons. The number of halogens is 1. The quantitative estimate of drug-likeness (QED) is 0.619. The normalized spacial score (nSPS) is 17.8. The maximum Gasteiger partial charge on any atom is 0.324 e. The summed E-state index contributed by atoms with van der Waals surface area (Å²) in [5, 5.41) is 2.62. The summed E-state index contributed by atoms with van der Waals surface area (Å²) in [5.41, 5.74) is 0.770. The molecule has 1 saturated heterocycles. The highest BCUT2D eigenvalue weighted by atomic mass is 32.2. The van der Waals surface area contributed by atoms with Gasteiger partial charge in [0.2, 0.25) is 16.8 Å². The first-order valence-electron chi connectivity index (χ1n) is 9.94. The van der Waals surface area contributed by atoms with Crippen molar-refractivity contribution in [3.05, 3.63) is 53.8 Å². The lowest BCUT2D eigenvalue weighted by Gasteiger charge is -2.22. The molecule has 32 heavy (non-hydrogen) atoms. The van der Waals surface area contributed by atoms with E-state index >= 15 is 0 Å². The van der Waals surface area contributed by atoms with Gasteiger partial charge in [0.1, 0.15) is 16.8 Å². The summed E-state index contributed by atoms with van der Waals surface area (Å²) in [7, 11) is -4.22. The van der Waals surface area contributed by atoms with Gasteiger partial charge < -0.3 is 19.5 Å². The van der Waals surface area contributed by atoms with E-state index in [1.807, 2.05) is 0 Å². The molecular formula is C21H21FN2O7S. The number of amides is 1. The summed E-state index contributed by atoms with van der Waals surface area (Å²) in [5.74, 6) is -1.08. The Hall–Kier alpha value is -3.18. The van der Waals surface area contributed by atoms with Gasteiger partial charge in [-0.05, 0) is 42.7 Å². The number of nitrogens with zero attached hydrogens (tertiary/aromatic N) is 1. The number of hydrogen-bond donors (Lipinski definition) is 1. The van der Waals surface area contributed by atoms with E-state index in [9.17, 15) is 22.4 Å². The molecule has 2 heterocycles. The molecule has 2 aromatic rings. The van der Waals surface area contributed by atoms with E-state index in [1.165, 1.54) is 12.1 Å². The minimum atomic E-state index is -4.22. The van der Waals surface area contributed by atoms with Crippen LogP contribution in [-0.4, -0.2) is 50.6 Å². The van der Waals surface area contributed by atoms with Crippen LogP contribution in [0.4, 0.5) is 4.39 Å². The molecule has 0 spiro atoms. The molecule has 1 fully saturated rings. The van der Waals surface area contributed by atoms with E-state index in [1.54, 1.807) is 18.2 Å². The second kappa shape index (κ2) is 9.13. The summed E-state index contributed by atoms with van der Waals surface area (Å²) in [6.45, 7) is -0.170. The average molecular weight is 464 g/mol. The standard InChI is InChI=1S/C21H21FN2O7S/c22-15-4-1-2-6-19(15)32(27,28)24-9-3-5-16(24)21(26)29-12-20(25)23-11-14-7-8-17-18(10-14)31-13-30-17/h1-2,4,6-8,10,16H,3,5,9,11-13H2,(H,23,25). The van der Waals surface area contributed by atoms with Crippen molar-refractivity contribution in [2.75, 3.05) is 19.9 Å². The smallest absolute Gasteiger partial charge is 0.324 e. The van der Waals surface area contributed by atoms with Crippen molar-refractivity contribution in [1.29, 1.82) is 0 Å². The van der Waals surface area contributed by atoms with Crippen LogP contribution in [0.3, 0.4) is 0 Å². The topological polar surface area (TPSA) is 111 Å². The van der Waals surface area contributed by atoms with Crippen molar-refractivity contribution < 1.29 is 36.6 Å². The summed E-state index contributed by atoms with van der Waals surface area (Å²) in [6, 6.07) is 9.10. The van der Waals surface area contributed by atoms with Crippen LogP contribution in [-0.2, 0) is 30.9 Å². The molecule has 0 saturated carbocycles. The number of fused-ring (bicyclic) bond motifs is 1. The molecule has 1 unspecified atom stereocenters. The van der Waals surface area contributed by atoms with Crippen LogP contribution in [0.2, 0.25) is 0 Å². The summed E-state index contributed by atoms with van der Waals surface area (Å²) in [6.07, 6.45) is 0.648. The zero-order chi connectivity index (χ0) is 22.7. The number of ether oxygens (including phenoxy) is 3. The van der Waals surface area contributed by atoms with Crippen LogP contribution in [0.5, 0.6) is 11.5 Å². The SMILES string of the molecule is O=C(COC(=O)C1CCCN1S(=O)(=O)c1ccccc1F)NCc1ccc2c(c1)OCO2.